The van der Waals surface area contributed by atoms with Crippen LogP contribution in [0.4, 0.5) is 13.2 Å². The zero-order valence-corrected chi connectivity index (χ0v) is 11.5. The fraction of sp³-hybridized carbons (Fsp3) is 0.167. The average Bonchev–Trinajstić information content (AvgIpc) is 2.79. The van der Waals surface area contributed by atoms with Crippen LogP contribution in [0.3, 0.4) is 0 Å². The van der Waals surface area contributed by atoms with Gasteiger partial charge in [0.05, 0.1) is 6.61 Å². The van der Waals surface area contributed by atoms with Gasteiger partial charge < -0.3 is 14.4 Å². The first-order valence-corrected chi connectivity index (χ1v) is 6.42. The molecule has 1 aliphatic rings. The van der Waals surface area contributed by atoms with Crippen molar-refractivity contribution in [2.75, 3.05) is 0 Å². The fourth-order valence-electron chi connectivity index (χ4n) is 1.95. The van der Waals surface area contributed by atoms with E-state index in [0.717, 1.165) is 5.56 Å². The molecule has 1 aromatic carbocycles. The minimum absolute atomic E-state index is 0.249. The highest BCUT2D eigenvalue weighted by Crippen LogP contribution is 2.34. The van der Waals surface area contributed by atoms with Gasteiger partial charge in [-0.3, -0.25) is 0 Å². The van der Waals surface area contributed by atoms with E-state index in [-0.39, 0.29) is 18.4 Å². The number of fused-ring (bicyclic) bond motifs is 1. The maximum Gasteiger partial charge on any atom is 0.491 e. The maximum atomic E-state index is 12.6. The lowest BCUT2D eigenvalue weighted by Crippen LogP contribution is -2.27. The number of alkyl halides is 3. The molecule has 2 heterocycles. The summed E-state index contributed by atoms with van der Waals surface area (Å²) in [6.45, 7) is 0.277. The smallest absolute Gasteiger partial charge is 0.424 e. The summed E-state index contributed by atoms with van der Waals surface area (Å²) in [5.74, 6) is 0.249. The highest BCUT2D eigenvalue weighted by molar-refractivity contribution is 6.61. The quantitative estimate of drug-likeness (QED) is 0.675. The summed E-state index contributed by atoms with van der Waals surface area (Å²) in [5, 5.41) is 8.84. The molecular formula is C12H7BClF3N2O3. The van der Waals surface area contributed by atoms with Gasteiger partial charge in [0, 0.05) is 6.20 Å². The molecule has 5 nitrogen and oxygen atoms in total. The summed E-state index contributed by atoms with van der Waals surface area (Å²) in [7, 11) is -1.06. The van der Waals surface area contributed by atoms with Crippen molar-refractivity contribution >= 4 is 24.2 Å². The lowest BCUT2D eigenvalue weighted by molar-refractivity contribution is -0.138. The Hall–Kier alpha value is -1.84. The molecule has 0 atom stereocenters. The SMILES string of the molecule is OB1OCc2ccc(Oc3ncc(C(F)(F)F)c(Cl)n3)cc21. The van der Waals surface area contributed by atoms with Crippen LogP contribution < -0.4 is 10.2 Å². The van der Waals surface area contributed by atoms with Crippen LogP contribution in [0.5, 0.6) is 11.8 Å². The normalized spacial score (nSPS) is 14.1. The Balaban J connectivity index is 1.85. The van der Waals surface area contributed by atoms with Crippen molar-refractivity contribution in [2.45, 2.75) is 12.8 Å². The molecule has 3 rings (SSSR count). The first-order chi connectivity index (χ1) is 10.3. The van der Waals surface area contributed by atoms with E-state index in [0.29, 0.717) is 11.7 Å². The molecule has 0 fully saturated rings. The summed E-state index contributed by atoms with van der Waals surface area (Å²) < 4.78 is 47.9. The van der Waals surface area contributed by atoms with Gasteiger partial charge in [-0.2, -0.15) is 18.2 Å². The summed E-state index contributed by atoms with van der Waals surface area (Å²) in [4.78, 5) is 6.95. The van der Waals surface area contributed by atoms with Crippen LogP contribution in [0, 0.1) is 0 Å². The standard InChI is InChI=1S/C12H7BClF3N2O3/c14-10-8(12(15,16)17)4-18-11(19-10)22-7-2-1-6-5-21-13(20)9(6)3-7/h1-4,20H,5H2. The third-order valence-electron chi connectivity index (χ3n) is 3.01. The van der Waals surface area contributed by atoms with Crippen LogP contribution >= 0.6 is 11.6 Å². The van der Waals surface area contributed by atoms with Gasteiger partial charge in [-0.25, -0.2) is 4.98 Å². The molecule has 2 aromatic rings. The molecule has 1 aliphatic heterocycles. The van der Waals surface area contributed by atoms with Gasteiger partial charge in [0.25, 0.3) is 0 Å². The molecule has 114 valence electrons. The predicted molar refractivity (Wildman–Crippen MR) is 71.0 cm³/mol. The van der Waals surface area contributed by atoms with E-state index in [1.165, 1.54) is 6.07 Å². The van der Waals surface area contributed by atoms with Crippen molar-refractivity contribution in [3.8, 4) is 11.8 Å². The molecular weight excluding hydrogens is 323 g/mol. The molecule has 10 heteroatoms. The van der Waals surface area contributed by atoms with E-state index in [4.69, 9.17) is 21.0 Å². The van der Waals surface area contributed by atoms with Crippen molar-refractivity contribution in [2.24, 2.45) is 0 Å². The van der Waals surface area contributed by atoms with E-state index in [1.54, 1.807) is 12.1 Å². The Morgan fingerprint density at radius 3 is 2.82 bits per heavy atom. The monoisotopic (exact) mass is 330 g/mol. The van der Waals surface area contributed by atoms with Crippen molar-refractivity contribution in [3.05, 3.63) is 40.7 Å². The van der Waals surface area contributed by atoms with Crippen molar-refractivity contribution in [1.29, 1.82) is 0 Å². The largest absolute Gasteiger partial charge is 0.491 e. The number of halogens is 4. The van der Waals surface area contributed by atoms with Gasteiger partial charge in [-0.1, -0.05) is 17.7 Å². The number of hydrogen-bond acceptors (Lipinski definition) is 5. The van der Waals surface area contributed by atoms with Crippen LogP contribution in [0.15, 0.2) is 24.4 Å². The second-order valence-electron chi connectivity index (χ2n) is 4.48. The summed E-state index contributed by atoms with van der Waals surface area (Å²) >= 11 is 5.49. The van der Waals surface area contributed by atoms with Crippen molar-refractivity contribution < 1.29 is 27.6 Å². The molecule has 0 bridgehead atoms. The van der Waals surface area contributed by atoms with Crippen LogP contribution in [-0.2, 0) is 17.4 Å². The predicted octanol–water partition coefficient (Wildman–Crippen LogP) is 2.16. The van der Waals surface area contributed by atoms with Gasteiger partial charge >= 0.3 is 19.3 Å². The number of nitrogens with zero attached hydrogens (tertiary/aromatic N) is 2. The zero-order valence-electron chi connectivity index (χ0n) is 10.8. The van der Waals surface area contributed by atoms with Gasteiger partial charge in [0.2, 0.25) is 0 Å². The average molecular weight is 330 g/mol. The number of rotatable bonds is 2. The molecule has 1 aromatic heterocycles. The van der Waals surface area contributed by atoms with Crippen LogP contribution in [0.1, 0.15) is 11.1 Å². The van der Waals surface area contributed by atoms with Gasteiger partial charge in [0.15, 0.2) is 0 Å². The Kier molecular flexibility index (Phi) is 3.71. The molecule has 0 radical (unpaired) electrons. The van der Waals surface area contributed by atoms with Crippen LogP contribution in [-0.4, -0.2) is 22.1 Å². The Morgan fingerprint density at radius 2 is 2.14 bits per heavy atom. The Labute approximate surface area is 127 Å². The van der Waals surface area contributed by atoms with Gasteiger partial charge in [-0.15, -0.1) is 0 Å². The van der Waals surface area contributed by atoms with Crippen molar-refractivity contribution in [1.82, 2.24) is 9.97 Å². The van der Waals surface area contributed by atoms with E-state index < -0.39 is 24.0 Å². The lowest BCUT2D eigenvalue weighted by atomic mass is 9.79. The number of aromatic nitrogens is 2. The van der Waals surface area contributed by atoms with E-state index in [2.05, 4.69) is 9.97 Å². The van der Waals surface area contributed by atoms with E-state index in [1.807, 2.05) is 0 Å². The topological polar surface area (TPSA) is 64.5 Å². The number of benzene rings is 1. The summed E-state index contributed by atoms with van der Waals surface area (Å²) in [5.41, 5.74) is 0.182. The summed E-state index contributed by atoms with van der Waals surface area (Å²) in [6, 6.07) is 4.41. The van der Waals surface area contributed by atoms with Crippen LogP contribution in [0.2, 0.25) is 5.15 Å². The highest BCUT2D eigenvalue weighted by atomic mass is 35.5. The third-order valence-corrected chi connectivity index (χ3v) is 3.30. The van der Waals surface area contributed by atoms with Gasteiger partial charge in [-0.05, 0) is 23.2 Å². The molecule has 0 saturated heterocycles. The molecule has 0 spiro atoms. The Bertz CT molecular complexity index is 729. The minimum atomic E-state index is -4.63. The summed E-state index contributed by atoms with van der Waals surface area (Å²) in [6.07, 6.45) is -4.08. The van der Waals surface area contributed by atoms with Gasteiger partial charge in [0.1, 0.15) is 16.5 Å². The fourth-order valence-corrected chi connectivity index (χ4v) is 2.18. The molecule has 0 saturated carbocycles. The number of ether oxygens (including phenoxy) is 1. The number of hydrogen-bond donors (Lipinski definition) is 1. The van der Waals surface area contributed by atoms with Crippen LogP contribution in [0.25, 0.3) is 0 Å². The lowest BCUT2D eigenvalue weighted by Gasteiger charge is -2.09. The molecule has 1 N–H and O–H groups in total. The van der Waals surface area contributed by atoms with E-state index in [9.17, 15) is 18.2 Å². The molecule has 0 aliphatic carbocycles. The first kappa shape index (κ1) is 15.1. The highest BCUT2D eigenvalue weighted by Gasteiger charge is 2.35. The second kappa shape index (κ2) is 5.42. The minimum Gasteiger partial charge on any atom is -0.424 e. The van der Waals surface area contributed by atoms with E-state index >= 15 is 0 Å². The molecule has 0 amide bonds. The Morgan fingerprint density at radius 1 is 1.36 bits per heavy atom. The van der Waals surface area contributed by atoms with Crippen molar-refractivity contribution in [3.63, 3.8) is 0 Å². The second-order valence-corrected chi connectivity index (χ2v) is 4.84. The molecule has 22 heavy (non-hydrogen) atoms. The first-order valence-electron chi connectivity index (χ1n) is 6.04. The molecule has 0 unspecified atom stereocenters. The maximum absolute atomic E-state index is 12.6. The zero-order chi connectivity index (χ0) is 15.9. The third kappa shape index (κ3) is 2.87.